The molecule has 0 radical (unpaired) electrons. The van der Waals surface area contributed by atoms with Crippen LogP contribution in [0.4, 0.5) is 10.3 Å². The zero-order valence-electron chi connectivity index (χ0n) is 21.4. The van der Waals surface area contributed by atoms with Crippen LogP contribution >= 0.6 is 0 Å². The highest BCUT2D eigenvalue weighted by molar-refractivity contribution is 5.73. The molecule has 4 aliphatic rings. The lowest BCUT2D eigenvalue weighted by atomic mass is 9.82. The Hall–Kier alpha value is -3.60. The maximum absolute atomic E-state index is 15.8. The second kappa shape index (κ2) is 8.45. The van der Waals surface area contributed by atoms with E-state index in [1.54, 1.807) is 24.4 Å². The van der Waals surface area contributed by atoms with Crippen LogP contribution in [-0.4, -0.2) is 73.0 Å². The van der Waals surface area contributed by atoms with E-state index in [9.17, 15) is 5.11 Å². The average Bonchev–Trinajstić information content (AvgIpc) is 3.72. The van der Waals surface area contributed by atoms with Crippen LogP contribution in [0, 0.1) is 0 Å². The quantitative estimate of drug-likeness (QED) is 0.519. The molecule has 3 aliphatic heterocycles. The summed E-state index contributed by atoms with van der Waals surface area (Å²) >= 11 is 0. The molecule has 10 nitrogen and oxygen atoms in total. The second-order valence-electron chi connectivity index (χ2n) is 11.4. The number of nitrogens with one attached hydrogen (secondary N) is 1. The average molecular weight is 520 g/mol. The summed E-state index contributed by atoms with van der Waals surface area (Å²) in [6, 6.07) is 6.84. The Balaban J connectivity index is 1.15. The molecule has 1 aromatic carbocycles. The van der Waals surface area contributed by atoms with Crippen molar-refractivity contribution in [3.63, 3.8) is 0 Å². The van der Waals surface area contributed by atoms with Gasteiger partial charge in [0.05, 0.1) is 17.9 Å². The number of anilines is 1. The van der Waals surface area contributed by atoms with Crippen molar-refractivity contribution < 1.29 is 19.0 Å². The van der Waals surface area contributed by atoms with Gasteiger partial charge in [0.15, 0.2) is 5.75 Å². The molecule has 0 spiro atoms. The Morgan fingerprint density at radius 2 is 1.84 bits per heavy atom. The van der Waals surface area contributed by atoms with Gasteiger partial charge in [-0.05, 0) is 58.1 Å². The van der Waals surface area contributed by atoms with Crippen molar-refractivity contribution in [3.8, 4) is 39.9 Å². The van der Waals surface area contributed by atoms with Crippen LogP contribution in [0.5, 0.6) is 17.4 Å². The van der Waals surface area contributed by atoms with Crippen molar-refractivity contribution in [3.05, 3.63) is 30.5 Å². The van der Waals surface area contributed by atoms with Crippen LogP contribution in [0.15, 0.2) is 30.5 Å². The van der Waals surface area contributed by atoms with Gasteiger partial charge < -0.3 is 24.8 Å². The minimum absolute atomic E-state index is 0.0155. The van der Waals surface area contributed by atoms with Crippen LogP contribution in [0.25, 0.3) is 22.5 Å². The number of nitrogens with zero attached hydrogens (tertiary/aromatic N) is 6. The lowest BCUT2D eigenvalue weighted by Crippen LogP contribution is -2.66. The van der Waals surface area contributed by atoms with Crippen LogP contribution < -0.4 is 19.7 Å². The molecule has 7 rings (SSSR count). The second-order valence-corrected chi connectivity index (χ2v) is 11.4. The highest BCUT2D eigenvalue weighted by Gasteiger charge is 2.58. The minimum atomic E-state index is -1.03. The van der Waals surface area contributed by atoms with Crippen molar-refractivity contribution in [1.82, 2.24) is 30.7 Å². The fourth-order valence-electron chi connectivity index (χ4n) is 6.29. The number of hydrogen-bond donors (Lipinski definition) is 2. The normalized spacial score (nSPS) is 29.8. The van der Waals surface area contributed by atoms with E-state index in [0.717, 1.165) is 25.7 Å². The maximum atomic E-state index is 15.8. The van der Waals surface area contributed by atoms with E-state index >= 15 is 4.39 Å². The van der Waals surface area contributed by atoms with Crippen LogP contribution in [-0.2, 0) is 0 Å². The summed E-state index contributed by atoms with van der Waals surface area (Å²) < 4.78 is 26.9. The molecule has 2 N–H and O–H groups in total. The van der Waals surface area contributed by atoms with Gasteiger partial charge in [-0.2, -0.15) is 0 Å². The number of aromatic nitrogens is 5. The number of hydrogen-bond acceptors (Lipinski definition) is 10. The number of aromatic hydroxyl groups is 1. The van der Waals surface area contributed by atoms with Crippen molar-refractivity contribution in [2.75, 3.05) is 18.1 Å². The number of ether oxygens (including phenoxy) is 2. The standard InChI is InChI=1S/C27H30FN7O3/c1-26-7-8-27(2,34-26)23(28)20(13-26)35(16-4-5-16)25-29-14-19(31-33-25)17-6-3-15(11-21(17)36)18-12-22-24(32-30-18)38-10-9-37-22/h3,6,11-12,14,16,20,23,34,36H,4-5,7-10,13H2,1-2H3/t20-,23-,26-,27+/m0/s1. The predicted molar refractivity (Wildman–Crippen MR) is 137 cm³/mol. The van der Waals surface area contributed by atoms with Gasteiger partial charge in [-0.25, -0.2) is 9.37 Å². The van der Waals surface area contributed by atoms with Crippen molar-refractivity contribution in [2.24, 2.45) is 0 Å². The smallest absolute Gasteiger partial charge is 0.276 e. The number of benzene rings is 1. The highest BCUT2D eigenvalue weighted by atomic mass is 19.1. The fourth-order valence-corrected chi connectivity index (χ4v) is 6.29. The molecule has 1 aliphatic carbocycles. The molecular weight excluding hydrogens is 489 g/mol. The Bertz CT molecular complexity index is 1390. The van der Waals surface area contributed by atoms with Gasteiger partial charge in [0, 0.05) is 34.3 Å². The number of fused-ring (bicyclic) bond motifs is 3. The molecule has 1 saturated carbocycles. The van der Waals surface area contributed by atoms with E-state index in [2.05, 4.69) is 42.5 Å². The van der Waals surface area contributed by atoms with E-state index in [1.165, 1.54) is 0 Å². The first kappa shape index (κ1) is 23.5. The largest absolute Gasteiger partial charge is 0.507 e. The summed E-state index contributed by atoms with van der Waals surface area (Å²) in [4.78, 5) is 6.68. The summed E-state index contributed by atoms with van der Waals surface area (Å²) in [5, 5.41) is 31.4. The van der Waals surface area contributed by atoms with E-state index in [-0.39, 0.29) is 23.4 Å². The van der Waals surface area contributed by atoms with Crippen molar-refractivity contribution in [2.45, 2.75) is 75.3 Å². The van der Waals surface area contributed by atoms with Crippen LogP contribution in [0.2, 0.25) is 0 Å². The molecule has 4 atom stereocenters. The SMILES string of the molecule is C[C@@]12CC[C@@](C)(N1)[C@@H](F)[C@@H](N(c1ncc(-c3ccc(-c4cc5c(nn4)OCCO5)cc3O)nn1)C1CC1)C2. The van der Waals surface area contributed by atoms with Crippen LogP contribution in [0.3, 0.4) is 0 Å². The number of piperidine rings is 1. The summed E-state index contributed by atoms with van der Waals surface area (Å²) in [6.07, 6.45) is 5.07. The Labute approximate surface area is 219 Å². The van der Waals surface area contributed by atoms with Gasteiger partial charge in [0.2, 0.25) is 5.95 Å². The number of halogens is 1. The third-order valence-corrected chi connectivity index (χ3v) is 8.34. The zero-order valence-corrected chi connectivity index (χ0v) is 21.4. The van der Waals surface area contributed by atoms with Gasteiger partial charge in [0.25, 0.3) is 5.88 Å². The predicted octanol–water partition coefficient (Wildman–Crippen LogP) is 3.45. The third kappa shape index (κ3) is 3.91. The van der Waals surface area contributed by atoms with Gasteiger partial charge in [0.1, 0.15) is 30.8 Å². The van der Waals surface area contributed by atoms with Gasteiger partial charge in [-0.15, -0.1) is 20.4 Å². The van der Waals surface area contributed by atoms with E-state index in [1.807, 2.05) is 13.0 Å². The molecule has 2 aromatic heterocycles. The number of rotatable bonds is 5. The molecule has 0 amide bonds. The first-order valence-electron chi connectivity index (χ1n) is 13.2. The van der Waals surface area contributed by atoms with Gasteiger partial charge >= 0.3 is 0 Å². The highest BCUT2D eigenvalue weighted by Crippen LogP contribution is 2.47. The van der Waals surface area contributed by atoms with Crippen LogP contribution in [0.1, 0.15) is 46.0 Å². The minimum Gasteiger partial charge on any atom is -0.507 e. The van der Waals surface area contributed by atoms with E-state index in [4.69, 9.17) is 9.47 Å². The first-order valence-corrected chi connectivity index (χ1v) is 13.2. The Kier molecular flexibility index (Phi) is 5.23. The van der Waals surface area contributed by atoms with E-state index < -0.39 is 11.7 Å². The Morgan fingerprint density at radius 3 is 2.61 bits per heavy atom. The summed E-state index contributed by atoms with van der Waals surface area (Å²) in [6.45, 7) is 5.07. The summed E-state index contributed by atoms with van der Waals surface area (Å²) in [7, 11) is 0. The lowest BCUT2D eigenvalue weighted by Gasteiger charge is -2.48. The monoisotopic (exact) mass is 519 g/mol. The number of phenols is 1. The summed E-state index contributed by atoms with van der Waals surface area (Å²) in [5.74, 6) is 1.35. The van der Waals surface area contributed by atoms with Crippen molar-refractivity contribution >= 4 is 5.95 Å². The molecule has 3 aromatic rings. The molecule has 0 unspecified atom stereocenters. The first-order chi connectivity index (χ1) is 18.3. The molecule has 198 valence electrons. The van der Waals surface area contributed by atoms with Gasteiger partial charge in [-0.1, -0.05) is 6.07 Å². The molecule has 11 heteroatoms. The molecule has 2 bridgehead atoms. The molecule has 3 fully saturated rings. The summed E-state index contributed by atoms with van der Waals surface area (Å²) in [5.41, 5.74) is 1.53. The lowest BCUT2D eigenvalue weighted by molar-refractivity contribution is 0.0828. The Morgan fingerprint density at radius 1 is 1.03 bits per heavy atom. The molecule has 2 saturated heterocycles. The third-order valence-electron chi connectivity index (χ3n) is 8.34. The van der Waals surface area contributed by atoms with Gasteiger partial charge in [-0.3, -0.25) is 0 Å². The zero-order chi connectivity index (χ0) is 26.1. The number of alkyl halides is 1. The number of phenolic OH excluding ortho intramolecular Hbond substituents is 1. The van der Waals surface area contributed by atoms with Crippen molar-refractivity contribution in [1.29, 1.82) is 0 Å². The topological polar surface area (TPSA) is 118 Å². The molecular formula is C27H30FN7O3. The molecule has 38 heavy (non-hydrogen) atoms. The fraction of sp³-hybridized carbons (Fsp3) is 0.519. The molecule has 5 heterocycles. The maximum Gasteiger partial charge on any atom is 0.276 e. The van der Waals surface area contributed by atoms with E-state index in [0.29, 0.717) is 59.7 Å².